The van der Waals surface area contributed by atoms with Crippen LogP contribution in [0.2, 0.25) is 0 Å². The van der Waals surface area contributed by atoms with Crippen LogP contribution in [0.1, 0.15) is 6.92 Å². The number of alkyl halides is 2. The SMILES string of the molecule is CC(Br)CBr.N.N. The second-order valence-corrected chi connectivity index (χ2v) is 3.15. The second-order valence-electron chi connectivity index (χ2n) is 0.935. The molecule has 1 atom stereocenters. The lowest BCUT2D eigenvalue weighted by Crippen LogP contribution is -1.85. The monoisotopic (exact) mass is 234 g/mol. The largest absolute Gasteiger partial charge is 0.344 e. The van der Waals surface area contributed by atoms with Crippen LogP contribution >= 0.6 is 31.9 Å². The summed E-state index contributed by atoms with van der Waals surface area (Å²) in [5, 5.41) is 1.03. The van der Waals surface area contributed by atoms with Gasteiger partial charge in [-0.1, -0.05) is 38.8 Å². The molecule has 48 valence electrons. The van der Waals surface area contributed by atoms with Crippen molar-refractivity contribution < 1.29 is 0 Å². The minimum atomic E-state index is 0. The molecule has 0 saturated carbocycles. The highest BCUT2D eigenvalue weighted by atomic mass is 79.9. The molecule has 0 aliphatic carbocycles. The summed E-state index contributed by atoms with van der Waals surface area (Å²) in [5.41, 5.74) is 0. The summed E-state index contributed by atoms with van der Waals surface area (Å²) in [6, 6.07) is 0. The van der Waals surface area contributed by atoms with Gasteiger partial charge in [-0.25, -0.2) is 0 Å². The minimum absolute atomic E-state index is 0. The van der Waals surface area contributed by atoms with Gasteiger partial charge in [-0.05, 0) is 0 Å². The molecule has 0 aromatic rings. The first kappa shape index (κ1) is 15.7. The van der Waals surface area contributed by atoms with Gasteiger partial charge in [0.05, 0.1) is 0 Å². The van der Waals surface area contributed by atoms with Crippen molar-refractivity contribution in [2.75, 3.05) is 5.33 Å². The summed E-state index contributed by atoms with van der Waals surface area (Å²) < 4.78 is 0. The maximum atomic E-state index is 3.33. The van der Waals surface area contributed by atoms with Crippen LogP contribution in [-0.4, -0.2) is 10.2 Å². The molecule has 0 radical (unpaired) electrons. The maximum absolute atomic E-state index is 3.33. The standard InChI is InChI=1S/C3H6Br2.2H3N/c1-3(5)2-4;;/h3H,2H2,1H3;2*1H3. The maximum Gasteiger partial charge on any atom is 0.0214 e. The van der Waals surface area contributed by atoms with Crippen molar-refractivity contribution in [3.8, 4) is 0 Å². The van der Waals surface area contributed by atoms with Gasteiger partial charge in [-0.15, -0.1) is 0 Å². The molecule has 0 fully saturated rings. The fourth-order valence-corrected chi connectivity index (χ4v) is 0. The molecule has 0 aromatic carbocycles. The van der Waals surface area contributed by atoms with E-state index in [2.05, 4.69) is 38.8 Å². The van der Waals surface area contributed by atoms with Gasteiger partial charge in [-0.3, -0.25) is 0 Å². The molecular formula is C3H12Br2N2. The molecule has 6 N–H and O–H groups in total. The van der Waals surface area contributed by atoms with Crippen LogP contribution in [0.25, 0.3) is 0 Å². The summed E-state index contributed by atoms with van der Waals surface area (Å²) in [4.78, 5) is 0.613. The Balaban J connectivity index is -0.0000000800. The third-order valence-corrected chi connectivity index (χ3v) is 2.38. The summed E-state index contributed by atoms with van der Waals surface area (Å²) >= 11 is 6.59. The van der Waals surface area contributed by atoms with Gasteiger partial charge >= 0.3 is 0 Å². The van der Waals surface area contributed by atoms with Crippen LogP contribution in [0.4, 0.5) is 0 Å². The van der Waals surface area contributed by atoms with E-state index in [1.807, 2.05) is 0 Å². The van der Waals surface area contributed by atoms with Gasteiger partial charge in [-0.2, -0.15) is 0 Å². The van der Waals surface area contributed by atoms with E-state index >= 15 is 0 Å². The highest BCUT2D eigenvalue weighted by Crippen LogP contribution is 1.99. The first-order valence-electron chi connectivity index (χ1n) is 1.47. The van der Waals surface area contributed by atoms with Crippen LogP contribution in [0, 0.1) is 0 Å². The Morgan fingerprint density at radius 1 is 1.43 bits per heavy atom. The summed E-state index contributed by atoms with van der Waals surface area (Å²) in [6.07, 6.45) is 0. The zero-order valence-electron chi connectivity index (χ0n) is 4.45. The smallest absolute Gasteiger partial charge is 0.0214 e. The van der Waals surface area contributed by atoms with Crippen molar-refractivity contribution in [3.05, 3.63) is 0 Å². The van der Waals surface area contributed by atoms with E-state index in [0.29, 0.717) is 4.83 Å². The second kappa shape index (κ2) is 9.99. The molecule has 1 unspecified atom stereocenters. The Hall–Kier alpha value is 0.880. The van der Waals surface area contributed by atoms with Crippen LogP contribution in [0.3, 0.4) is 0 Å². The van der Waals surface area contributed by atoms with Crippen molar-refractivity contribution >= 4 is 31.9 Å². The Morgan fingerprint density at radius 3 is 1.57 bits per heavy atom. The topological polar surface area (TPSA) is 70.0 Å². The number of halogens is 2. The predicted octanol–water partition coefficient (Wildman–Crippen LogP) is 2.49. The summed E-state index contributed by atoms with van der Waals surface area (Å²) in [6.45, 7) is 2.09. The minimum Gasteiger partial charge on any atom is -0.344 e. The van der Waals surface area contributed by atoms with E-state index in [-0.39, 0.29) is 12.3 Å². The third kappa shape index (κ3) is 19.8. The van der Waals surface area contributed by atoms with E-state index in [4.69, 9.17) is 0 Å². The van der Waals surface area contributed by atoms with E-state index in [1.54, 1.807) is 0 Å². The predicted molar refractivity (Wildman–Crippen MR) is 42.2 cm³/mol. The van der Waals surface area contributed by atoms with E-state index in [9.17, 15) is 0 Å². The first-order valence-corrected chi connectivity index (χ1v) is 3.51. The van der Waals surface area contributed by atoms with Gasteiger partial charge in [0.25, 0.3) is 0 Å². The molecule has 0 saturated heterocycles. The van der Waals surface area contributed by atoms with Gasteiger partial charge in [0, 0.05) is 10.2 Å². The van der Waals surface area contributed by atoms with Gasteiger partial charge in [0.15, 0.2) is 0 Å². The molecule has 0 rings (SSSR count). The lowest BCUT2D eigenvalue weighted by atomic mass is 10.6. The van der Waals surface area contributed by atoms with Gasteiger partial charge in [0.1, 0.15) is 0 Å². The molecule has 7 heavy (non-hydrogen) atoms. The molecule has 0 aliphatic rings. The average molecular weight is 236 g/mol. The highest BCUT2D eigenvalue weighted by molar-refractivity contribution is 9.12. The molecule has 0 bridgehead atoms. The van der Waals surface area contributed by atoms with Crippen molar-refractivity contribution in [1.29, 1.82) is 0 Å². The zero-order chi connectivity index (χ0) is 4.28. The number of hydrogen-bond donors (Lipinski definition) is 2. The fraction of sp³-hybridized carbons (Fsp3) is 1.00. The van der Waals surface area contributed by atoms with E-state index in [1.165, 1.54) is 0 Å². The van der Waals surface area contributed by atoms with E-state index in [0.717, 1.165) is 5.33 Å². The number of hydrogen-bond acceptors (Lipinski definition) is 2. The molecule has 0 spiro atoms. The van der Waals surface area contributed by atoms with Crippen LogP contribution in [-0.2, 0) is 0 Å². The van der Waals surface area contributed by atoms with Crippen molar-refractivity contribution in [2.45, 2.75) is 11.8 Å². The Kier molecular flexibility index (Phi) is 22.3. The van der Waals surface area contributed by atoms with Crippen molar-refractivity contribution in [2.24, 2.45) is 0 Å². The Morgan fingerprint density at radius 2 is 1.57 bits per heavy atom. The van der Waals surface area contributed by atoms with Crippen LogP contribution in [0.15, 0.2) is 0 Å². The summed E-state index contributed by atoms with van der Waals surface area (Å²) in [7, 11) is 0. The molecule has 0 aliphatic heterocycles. The normalized spacial score (nSPS) is 10.7. The lowest BCUT2D eigenvalue weighted by molar-refractivity contribution is 1.17. The quantitative estimate of drug-likeness (QED) is 0.686. The first-order chi connectivity index (χ1) is 2.27. The lowest BCUT2D eigenvalue weighted by Gasteiger charge is -1.86. The molecular weight excluding hydrogens is 224 g/mol. The highest BCUT2D eigenvalue weighted by Gasteiger charge is 1.84. The van der Waals surface area contributed by atoms with E-state index < -0.39 is 0 Å². The van der Waals surface area contributed by atoms with Crippen LogP contribution < -0.4 is 12.3 Å². The molecule has 2 nitrogen and oxygen atoms in total. The van der Waals surface area contributed by atoms with Gasteiger partial charge in [0.2, 0.25) is 0 Å². The fourth-order valence-electron chi connectivity index (χ4n) is 0. The third-order valence-electron chi connectivity index (χ3n) is 0.213. The Bertz CT molecular complexity index is 24.9. The molecule has 4 heteroatoms. The molecule has 0 aromatic heterocycles. The Labute approximate surface area is 61.5 Å². The summed E-state index contributed by atoms with van der Waals surface area (Å²) in [5.74, 6) is 0. The zero-order valence-corrected chi connectivity index (χ0v) is 7.63. The number of rotatable bonds is 1. The van der Waals surface area contributed by atoms with Crippen molar-refractivity contribution in [3.63, 3.8) is 0 Å². The molecule has 0 heterocycles. The molecule has 0 amide bonds. The average Bonchev–Trinajstić information content (AvgIpc) is 1.38. The van der Waals surface area contributed by atoms with Crippen molar-refractivity contribution in [1.82, 2.24) is 12.3 Å². The van der Waals surface area contributed by atoms with Gasteiger partial charge < -0.3 is 12.3 Å². The van der Waals surface area contributed by atoms with Crippen LogP contribution in [0.5, 0.6) is 0 Å².